The van der Waals surface area contributed by atoms with Crippen molar-refractivity contribution >= 4 is 22.9 Å². The fourth-order valence-electron chi connectivity index (χ4n) is 3.42. The summed E-state index contributed by atoms with van der Waals surface area (Å²) in [5, 5.41) is 19.6. The lowest BCUT2D eigenvalue weighted by atomic mass is 9.79. The standard InChI is InChI=1S/C20H24N2O5S/c1-19(2)20(3,18(24)25)22(13-14-7-5-6-8-17(14)21(19)4)28(26)27-16-11-9-15(23)10-12-16/h5-12,23H,13H2,1-4H3,(H,24,25). The molecule has 0 bridgehead atoms. The molecule has 2 atom stereocenters. The summed E-state index contributed by atoms with van der Waals surface area (Å²) in [7, 11) is 1.84. The quantitative estimate of drug-likeness (QED) is 0.814. The van der Waals surface area contributed by atoms with Crippen LogP contribution in [0.3, 0.4) is 0 Å². The van der Waals surface area contributed by atoms with E-state index in [0.717, 1.165) is 11.3 Å². The minimum atomic E-state index is -2.09. The zero-order valence-electron chi connectivity index (χ0n) is 16.2. The molecule has 0 fully saturated rings. The number of benzene rings is 2. The van der Waals surface area contributed by atoms with Crippen LogP contribution in [-0.4, -0.2) is 42.8 Å². The molecule has 2 aromatic rings. The van der Waals surface area contributed by atoms with Crippen molar-refractivity contribution in [3.63, 3.8) is 0 Å². The summed E-state index contributed by atoms with van der Waals surface area (Å²) in [5.74, 6) is -0.771. The third-order valence-electron chi connectivity index (χ3n) is 5.80. The molecular weight excluding hydrogens is 380 g/mol. The van der Waals surface area contributed by atoms with Crippen molar-refractivity contribution in [2.75, 3.05) is 11.9 Å². The third-order valence-corrected chi connectivity index (χ3v) is 6.99. The molecule has 0 aromatic heterocycles. The molecule has 2 N–H and O–H groups in total. The van der Waals surface area contributed by atoms with Gasteiger partial charge in [0.15, 0.2) is 5.54 Å². The largest absolute Gasteiger partial charge is 0.508 e. The molecule has 0 radical (unpaired) electrons. The normalized spacial score (nSPS) is 22.8. The van der Waals surface area contributed by atoms with Crippen molar-refractivity contribution in [3.05, 3.63) is 54.1 Å². The van der Waals surface area contributed by atoms with E-state index >= 15 is 0 Å². The van der Waals surface area contributed by atoms with Crippen molar-refractivity contribution in [1.82, 2.24) is 4.31 Å². The molecule has 0 spiro atoms. The summed E-state index contributed by atoms with van der Waals surface area (Å²) in [6.45, 7) is 5.33. The van der Waals surface area contributed by atoms with Gasteiger partial charge < -0.3 is 19.3 Å². The molecule has 150 valence electrons. The molecule has 1 aliphatic heterocycles. The maximum atomic E-state index is 13.2. The Morgan fingerprint density at radius 1 is 1.11 bits per heavy atom. The lowest BCUT2D eigenvalue weighted by molar-refractivity contribution is -0.151. The second-order valence-electron chi connectivity index (χ2n) is 7.46. The summed E-state index contributed by atoms with van der Waals surface area (Å²) in [5.41, 5.74) is -0.711. The second-order valence-corrected chi connectivity index (χ2v) is 8.50. The molecule has 1 aliphatic rings. The topological polar surface area (TPSA) is 90.3 Å². The highest BCUT2D eigenvalue weighted by Crippen LogP contribution is 2.42. The molecule has 28 heavy (non-hydrogen) atoms. The molecule has 2 aromatic carbocycles. The first-order valence-electron chi connectivity index (χ1n) is 8.81. The predicted octanol–water partition coefficient (Wildman–Crippen LogP) is 2.92. The van der Waals surface area contributed by atoms with Crippen molar-refractivity contribution in [2.45, 2.75) is 38.4 Å². The monoisotopic (exact) mass is 404 g/mol. The summed E-state index contributed by atoms with van der Waals surface area (Å²) in [6.07, 6.45) is 0. The number of para-hydroxylation sites is 1. The Bertz CT molecular complexity index is 915. The van der Waals surface area contributed by atoms with Crippen molar-refractivity contribution in [1.29, 1.82) is 0 Å². The Balaban J connectivity index is 2.09. The number of carboxylic acids is 1. The first kappa shape index (κ1) is 20.2. The Hall–Kier alpha value is -2.58. The Labute approximate surface area is 167 Å². The van der Waals surface area contributed by atoms with Gasteiger partial charge in [0, 0.05) is 19.3 Å². The SMILES string of the molecule is CN1c2ccccc2CN(S(=O)Oc2ccc(O)cc2)C(C)(C(=O)O)C1(C)C. The van der Waals surface area contributed by atoms with Crippen LogP contribution in [0.2, 0.25) is 0 Å². The number of phenols is 1. The Morgan fingerprint density at radius 2 is 1.71 bits per heavy atom. The average molecular weight is 404 g/mol. The number of carbonyl (C=O) groups is 1. The van der Waals surface area contributed by atoms with Gasteiger partial charge in [-0.15, -0.1) is 0 Å². The summed E-state index contributed by atoms with van der Waals surface area (Å²) in [6, 6.07) is 13.4. The zero-order valence-corrected chi connectivity index (χ0v) is 17.1. The molecule has 2 unspecified atom stereocenters. The van der Waals surface area contributed by atoms with E-state index in [1.165, 1.54) is 28.6 Å². The second kappa shape index (κ2) is 7.10. The zero-order chi connectivity index (χ0) is 20.7. The third kappa shape index (κ3) is 3.12. The molecule has 1 heterocycles. The maximum Gasteiger partial charge on any atom is 0.327 e. The highest BCUT2D eigenvalue weighted by Gasteiger charge is 2.58. The molecule has 7 nitrogen and oxygen atoms in total. The summed E-state index contributed by atoms with van der Waals surface area (Å²) >= 11 is -2.09. The van der Waals surface area contributed by atoms with Gasteiger partial charge in [-0.3, -0.25) is 4.79 Å². The first-order chi connectivity index (χ1) is 13.1. The molecule has 0 amide bonds. The number of hydrogen-bond donors (Lipinski definition) is 2. The van der Waals surface area contributed by atoms with E-state index in [-0.39, 0.29) is 18.0 Å². The van der Waals surface area contributed by atoms with Gasteiger partial charge in [-0.25, -0.2) is 0 Å². The van der Waals surface area contributed by atoms with Crippen LogP contribution in [0.25, 0.3) is 0 Å². The number of aliphatic carboxylic acids is 1. The van der Waals surface area contributed by atoms with Crippen molar-refractivity contribution in [3.8, 4) is 11.5 Å². The summed E-state index contributed by atoms with van der Waals surface area (Å²) < 4.78 is 20.1. The van der Waals surface area contributed by atoms with Crippen LogP contribution in [0.5, 0.6) is 11.5 Å². The molecule has 8 heteroatoms. The maximum absolute atomic E-state index is 13.2. The average Bonchev–Trinajstić information content (AvgIpc) is 2.72. The minimum Gasteiger partial charge on any atom is -0.508 e. The fourth-order valence-corrected chi connectivity index (χ4v) is 4.63. The molecule has 0 saturated heterocycles. The predicted molar refractivity (Wildman–Crippen MR) is 107 cm³/mol. The van der Waals surface area contributed by atoms with Crippen LogP contribution in [-0.2, 0) is 22.6 Å². The molecule has 0 saturated carbocycles. The van der Waals surface area contributed by atoms with Crippen LogP contribution >= 0.6 is 0 Å². The lowest BCUT2D eigenvalue weighted by Gasteiger charge is -2.49. The lowest BCUT2D eigenvalue weighted by Crippen LogP contribution is -2.69. The van der Waals surface area contributed by atoms with E-state index in [2.05, 4.69) is 0 Å². The van der Waals surface area contributed by atoms with Crippen molar-refractivity contribution < 1.29 is 23.4 Å². The van der Waals surface area contributed by atoms with Crippen LogP contribution in [0.15, 0.2) is 48.5 Å². The number of aromatic hydroxyl groups is 1. The van der Waals surface area contributed by atoms with E-state index in [1.807, 2.05) is 50.1 Å². The van der Waals surface area contributed by atoms with Gasteiger partial charge in [-0.1, -0.05) is 18.2 Å². The van der Waals surface area contributed by atoms with Gasteiger partial charge in [-0.05, 0) is 56.7 Å². The van der Waals surface area contributed by atoms with Gasteiger partial charge in [0.05, 0.1) is 5.54 Å². The van der Waals surface area contributed by atoms with E-state index in [9.17, 15) is 19.2 Å². The van der Waals surface area contributed by atoms with Gasteiger partial charge in [0.25, 0.3) is 11.3 Å². The molecule has 0 aliphatic carbocycles. The van der Waals surface area contributed by atoms with Crippen LogP contribution < -0.4 is 9.08 Å². The Kier molecular flexibility index (Phi) is 5.12. The number of rotatable bonds is 4. The number of fused-ring (bicyclic) bond motifs is 1. The highest BCUT2D eigenvalue weighted by atomic mass is 32.2. The molecule has 3 rings (SSSR count). The Morgan fingerprint density at radius 3 is 2.32 bits per heavy atom. The minimum absolute atomic E-state index is 0.0555. The number of likely N-dealkylation sites (N-methyl/N-ethyl adjacent to an activating group) is 1. The number of phenolic OH excluding ortho intramolecular Hbond substituents is 1. The number of anilines is 1. The van der Waals surface area contributed by atoms with Gasteiger partial charge in [0.2, 0.25) is 0 Å². The number of carboxylic acid groups (broad SMARTS) is 1. The first-order valence-corrected chi connectivity index (χ1v) is 9.84. The number of nitrogens with zero attached hydrogens (tertiary/aromatic N) is 2. The van der Waals surface area contributed by atoms with Crippen LogP contribution in [0.1, 0.15) is 26.3 Å². The van der Waals surface area contributed by atoms with E-state index < -0.39 is 28.3 Å². The number of hydrogen-bond acceptors (Lipinski definition) is 5. The van der Waals surface area contributed by atoms with Crippen LogP contribution in [0.4, 0.5) is 5.69 Å². The van der Waals surface area contributed by atoms with Gasteiger partial charge in [0.1, 0.15) is 11.5 Å². The van der Waals surface area contributed by atoms with Crippen molar-refractivity contribution in [2.24, 2.45) is 0 Å². The van der Waals surface area contributed by atoms with E-state index in [4.69, 9.17) is 4.18 Å². The molecular formula is C20H24N2O5S. The van der Waals surface area contributed by atoms with E-state index in [1.54, 1.807) is 6.92 Å². The van der Waals surface area contributed by atoms with Gasteiger partial charge >= 0.3 is 5.97 Å². The fraction of sp³-hybridized carbons (Fsp3) is 0.350. The van der Waals surface area contributed by atoms with E-state index in [0.29, 0.717) is 0 Å². The smallest absolute Gasteiger partial charge is 0.327 e. The van der Waals surface area contributed by atoms with Gasteiger partial charge in [-0.2, -0.15) is 8.51 Å². The van der Waals surface area contributed by atoms with Crippen LogP contribution in [0, 0.1) is 0 Å². The highest BCUT2D eigenvalue weighted by molar-refractivity contribution is 7.78. The summed E-state index contributed by atoms with van der Waals surface area (Å²) in [4.78, 5) is 14.4.